The normalized spacial score (nSPS) is 10.5. The minimum atomic E-state index is -4.86. The lowest BCUT2D eigenvalue weighted by Crippen LogP contribution is -2.36. The van der Waals surface area contributed by atoms with Crippen molar-refractivity contribution in [2.24, 2.45) is 5.73 Å². The first-order chi connectivity index (χ1) is 9.24. The number of hydrogen-bond donors (Lipinski definition) is 3. The summed E-state index contributed by atoms with van der Waals surface area (Å²) in [6.07, 6.45) is -4.86. The summed E-state index contributed by atoms with van der Waals surface area (Å²) < 4.78 is 50.3. The van der Waals surface area contributed by atoms with Gasteiger partial charge in [0.2, 0.25) is 11.8 Å². The molecule has 0 fully saturated rings. The molecule has 0 atom stereocenters. The van der Waals surface area contributed by atoms with Gasteiger partial charge in [-0.25, -0.2) is 4.39 Å². The smallest absolute Gasteiger partial charge is 0.346 e. The van der Waals surface area contributed by atoms with Crippen LogP contribution in [0.15, 0.2) is 18.2 Å². The van der Waals surface area contributed by atoms with Crippen LogP contribution >= 0.6 is 12.4 Å². The highest BCUT2D eigenvalue weighted by Crippen LogP contribution is 2.32. The molecule has 0 spiro atoms. The lowest BCUT2D eigenvalue weighted by atomic mass is 10.2. The average Bonchev–Trinajstić information content (AvgIpc) is 2.37. The van der Waals surface area contributed by atoms with E-state index < -0.39 is 35.9 Å². The van der Waals surface area contributed by atoms with E-state index in [1.54, 1.807) is 0 Å². The van der Waals surface area contributed by atoms with Gasteiger partial charge in [0.25, 0.3) is 0 Å². The molecule has 118 valence electrons. The Labute approximate surface area is 123 Å². The first-order valence-electron chi connectivity index (χ1n) is 5.37. The zero-order chi connectivity index (χ0) is 15.3. The predicted molar refractivity (Wildman–Crippen MR) is 69.3 cm³/mol. The molecule has 0 heterocycles. The van der Waals surface area contributed by atoms with Gasteiger partial charge >= 0.3 is 6.18 Å². The Kier molecular flexibility index (Phi) is 7.10. The summed E-state index contributed by atoms with van der Waals surface area (Å²) in [7, 11) is 0. The van der Waals surface area contributed by atoms with Crippen LogP contribution < -0.4 is 16.4 Å². The largest absolute Gasteiger partial charge is 0.419 e. The van der Waals surface area contributed by atoms with Crippen molar-refractivity contribution < 1.29 is 27.2 Å². The Morgan fingerprint density at radius 2 is 1.81 bits per heavy atom. The molecule has 0 unspecified atom stereocenters. The molecule has 0 aliphatic carbocycles. The fourth-order valence-electron chi connectivity index (χ4n) is 1.28. The number of halogens is 5. The Hall–Kier alpha value is -1.87. The lowest BCUT2D eigenvalue weighted by molar-refractivity contribution is -0.140. The Morgan fingerprint density at radius 3 is 2.33 bits per heavy atom. The molecule has 1 aromatic rings. The maximum absolute atomic E-state index is 13.0. The van der Waals surface area contributed by atoms with E-state index in [1.165, 1.54) is 0 Å². The van der Waals surface area contributed by atoms with Gasteiger partial charge in [0.05, 0.1) is 18.7 Å². The lowest BCUT2D eigenvalue weighted by Gasteiger charge is -2.11. The zero-order valence-corrected chi connectivity index (χ0v) is 11.3. The maximum Gasteiger partial charge on any atom is 0.419 e. The van der Waals surface area contributed by atoms with Crippen LogP contribution in [0.3, 0.4) is 0 Å². The number of nitrogens with one attached hydrogen (secondary N) is 2. The van der Waals surface area contributed by atoms with Crippen molar-refractivity contribution in [2.45, 2.75) is 6.18 Å². The van der Waals surface area contributed by atoms with Gasteiger partial charge in [-0.1, -0.05) is 0 Å². The summed E-state index contributed by atoms with van der Waals surface area (Å²) in [5, 5.41) is 4.24. The Morgan fingerprint density at radius 1 is 1.19 bits per heavy atom. The van der Waals surface area contributed by atoms with E-state index in [4.69, 9.17) is 5.73 Å². The molecule has 1 aromatic carbocycles. The number of amides is 2. The Balaban J connectivity index is 0.00000400. The molecule has 21 heavy (non-hydrogen) atoms. The third kappa shape index (κ3) is 5.96. The summed E-state index contributed by atoms with van der Waals surface area (Å²) in [6.45, 7) is -0.767. The van der Waals surface area contributed by atoms with Crippen LogP contribution in [0.1, 0.15) is 5.56 Å². The van der Waals surface area contributed by atoms with Gasteiger partial charge in [-0.2, -0.15) is 13.2 Å². The first-order valence-corrected chi connectivity index (χ1v) is 5.37. The maximum atomic E-state index is 13.0. The monoisotopic (exact) mass is 329 g/mol. The third-order valence-electron chi connectivity index (χ3n) is 2.19. The van der Waals surface area contributed by atoms with Gasteiger partial charge in [-0.05, 0) is 18.2 Å². The topological polar surface area (TPSA) is 84.2 Å². The fraction of sp³-hybridized carbons (Fsp3) is 0.273. The summed E-state index contributed by atoms with van der Waals surface area (Å²) in [4.78, 5) is 22.1. The number of anilines is 1. The van der Waals surface area contributed by atoms with E-state index in [0.717, 1.165) is 6.07 Å². The second-order valence-corrected chi connectivity index (χ2v) is 3.72. The quantitative estimate of drug-likeness (QED) is 0.728. The van der Waals surface area contributed by atoms with Crippen LogP contribution in [0.5, 0.6) is 0 Å². The van der Waals surface area contributed by atoms with Crippen molar-refractivity contribution in [3.63, 3.8) is 0 Å². The molecule has 4 N–H and O–H groups in total. The van der Waals surface area contributed by atoms with Gasteiger partial charge in [0, 0.05) is 5.69 Å². The zero-order valence-electron chi connectivity index (χ0n) is 10.5. The molecule has 0 aliphatic rings. The van der Waals surface area contributed by atoms with Crippen molar-refractivity contribution in [1.29, 1.82) is 0 Å². The molecule has 0 bridgehead atoms. The first kappa shape index (κ1) is 19.1. The van der Waals surface area contributed by atoms with Crippen LogP contribution in [0.25, 0.3) is 0 Å². The second-order valence-electron chi connectivity index (χ2n) is 3.72. The molecule has 0 radical (unpaired) electrons. The third-order valence-corrected chi connectivity index (χ3v) is 2.19. The number of alkyl halides is 3. The number of carbonyl (C=O) groups excluding carboxylic acids is 2. The van der Waals surface area contributed by atoms with Gasteiger partial charge in [0.1, 0.15) is 5.82 Å². The molecule has 10 heteroatoms. The van der Waals surface area contributed by atoms with Crippen LogP contribution in [0, 0.1) is 5.82 Å². The van der Waals surface area contributed by atoms with Crippen LogP contribution in [-0.2, 0) is 15.8 Å². The van der Waals surface area contributed by atoms with E-state index in [2.05, 4.69) is 10.6 Å². The van der Waals surface area contributed by atoms with Crippen LogP contribution in [0.4, 0.5) is 23.2 Å². The van der Waals surface area contributed by atoms with Gasteiger partial charge in [-0.15, -0.1) is 12.4 Å². The van der Waals surface area contributed by atoms with E-state index in [-0.39, 0.29) is 24.6 Å². The number of hydrogen-bond acceptors (Lipinski definition) is 3. The highest BCUT2D eigenvalue weighted by atomic mass is 35.5. The van der Waals surface area contributed by atoms with Crippen LogP contribution in [0.2, 0.25) is 0 Å². The minimum absolute atomic E-state index is 0. The predicted octanol–water partition coefficient (Wildman–Crippen LogP) is 1.28. The Bertz CT molecular complexity index is 523. The number of carbonyl (C=O) groups is 2. The van der Waals surface area contributed by atoms with E-state index in [0.29, 0.717) is 12.1 Å². The van der Waals surface area contributed by atoms with Gasteiger partial charge < -0.3 is 16.4 Å². The number of rotatable bonds is 4. The molecular formula is C11H12ClF4N3O2. The standard InChI is InChI=1S/C11H11F4N3O2.ClH/c12-8-2-1-6(3-7(8)11(13,14)15)18-10(20)5-17-9(19)4-16;/h1-3H,4-5,16H2,(H,17,19)(H,18,20);1H. The van der Waals surface area contributed by atoms with Crippen molar-refractivity contribution in [2.75, 3.05) is 18.4 Å². The van der Waals surface area contributed by atoms with Crippen molar-refractivity contribution in [3.8, 4) is 0 Å². The molecule has 0 saturated heterocycles. The highest BCUT2D eigenvalue weighted by molar-refractivity contribution is 5.94. The molecule has 0 aromatic heterocycles. The molecule has 0 saturated carbocycles. The summed E-state index contributed by atoms with van der Waals surface area (Å²) in [5.74, 6) is -2.78. The average molecular weight is 330 g/mol. The van der Waals surface area contributed by atoms with E-state index in [9.17, 15) is 27.2 Å². The minimum Gasteiger partial charge on any atom is -0.346 e. The molecule has 2 amide bonds. The number of nitrogens with two attached hydrogens (primary N) is 1. The molecule has 5 nitrogen and oxygen atoms in total. The number of benzene rings is 1. The van der Waals surface area contributed by atoms with E-state index >= 15 is 0 Å². The van der Waals surface area contributed by atoms with Crippen molar-refractivity contribution >= 4 is 29.9 Å². The van der Waals surface area contributed by atoms with Crippen LogP contribution in [-0.4, -0.2) is 24.9 Å². The molecular weight excluding hydrogens is 318 g/mol. The van der Waals surface area contributed by atoms with Crippen molar-refractivity contribution in [1.82, 2.24) is 5.32 Å². The summed E-state index contributed by atoms with van der Waals surface area (Å²) in [6, 6.07) is 2.04. The SMILES string of the molecule is Cl.NCC(=O)NCC(=O)Nc1ccc(F)c(C(F)(F)F)c1. The van der Waals surface area contributed by atoms with Crippen molar-refractivity contribution in [3.05, 3.63) is 29.6 Å². The van der Waals surface area contributed by atoms with Gasteiger partial charge in [0.15, 0.2) is 0 Å². The molecule has 0 aliphatic heterocycles. The summed E-state index contributed by atoms with van der Waals surface area (Å²) >= 11 is 0. The van der Waals surface area contributed by atoms with E-state index in [1.807, 2.05) is 0 Å². The second kappa shape index (κ2) is 7.79. The summed E-state index contributed by atoms with van der Waals surface area (Å²) in [5.41, 5.74) is 3.27. The van der Waals surface area contributed by atoms with Gasteiger partial charge in [-0.3, -0.25) is 9.59 Å². The highest BCUT2D eigenvalue weighted by Gasteiger charge is 2.34. The fourth-order valence-corrected chi connectivity index (χ4v) is 1.28. The molecule has 1 rings (SSSR count).